The zero-order valence-corrected chi connectivity index (χ0v) is 11.4. The first-order valence-corrected chi connectivity index (χ1v) is 6.93. The van der Waals surface area contributed by atoms with E-state index in [2.05, 4.69) is 36.1 Å². The Balaban J connectivity index is 2.05. The first-order valence-electron chi connectivity index (χ1n) is 6.93. The number of piperidine rings is 1. The van der Waals surface area contributed by atoms with Crippen molar-refractivity contribution in [1.82, 2.24) is 0 Å². The fourth-order valence-electron chi connectivity index (χ4n) is 2.66. The van der Waals surface area contributed by atoms with Gasteiger partial charge in [0.05, 0.1) is 6.10 Å². The topological polar surface area (TPSA) is 38.5 Å². The Labute approximate surface area is 110 Å². The van der Waals surface area contributed by atoms with Gasteiger partial charge in [0, 0.05) is 31.4 Å². The fourth-order valence-corrected chi connectivity index (χ4v) is 2.66. The Bertz CT molecular complexity index is 371. The third-order valence-electron chi connectivity index (χ3n) is 3.61. The number of nitrogens with zero attached hydrogens (tertiary/aromatic N) is 1. The molecule has 0 amide bonds. The molecular weight excluding hydrogens is 224 g/mol. The van der Waals surface area contributed by atoms with E-state index in [1.54, 1.807) is 0 Å². The van der Waals surface area contributed by atoms with Gasteiger partial charge in [-0.25, -0.2) is 0 Å². The van der Waals surface area contributed by atoms with Crippen molar-refractivity contribution >= 4 is 5.69 Å². The minimum atomic E-state index is 0.0887. The van der Waals surface area contributed by atoms with Gasteiger partial charge in [-0.1, -0.05) is 18.2 Å². The molecule has 0 saturated carbocycles. The molecule has 3 heteroatoms. The van der Waals surface area contributed by atoms with Crippen LogP contribution in [0.2, 0.25) is 0 Å². The maximum atomic E-state index is 6.04. The molecule has 0 bridgehead atoms. The minimum absolute atomic E-state index is 0.0887. The summed E-state index contributed by atoms with van der Waals surface area (Å²) < 4.78 is 5.69. The molecule has 1 saturated heterocycles. The van der Waals surface area contributed by atoms with Gasteiger partial charge >= 0.3 is 0 Å². The first-order chi connectivity index (χ1) is 8.72. The second-order valence-corrected chi connectivity index (χ2v) is 4.99. The van der Waals surface area contributed by atoms with Crippen LogP contribution in [0.3, 0.4) is 0 Å². The molecular formula is C15H24N2O. The largest absolute Gasteiger partial charge is 0.378 e. The average Bonchev–Trinajstić information content (AvgIpc) is 2.40. The normalized spacial score (nSPS) is 18.9. The van der Waals surface area contributed by atoms with Crippen LogP contribution in [0.5, 0.6) is 0 Å². The highest BCUT2D eigenvalue weighted by Crippen LogP contribution is 2.28. The van der Waals surface area contributed by atoms with Crippen molar-refractivity contribution in [2.75, 3.05) is 24.6 Å². The number of rotatable bonds is 4. The highest BCUT2D eigenvalue weighted by molar-refractivity contribution is 5.55. The minimum Gasteiger partial charge on any atom is -0.378 e. The molecule has 2 rings (SSSR count). The number of nitrogens with two attached hydrogens (primary N) is 1. The average molecular weight is 248 g/mol. The molecule has 1 heterocycles. The molecule has 0 radical (unpaired) electrons. The SMILES string of the molecule is CCOC1CCN(c2ccccc2[C@H](C)N)CC1. The summed E-state index contributed by atoms with van der Waals surface area (Å²) in [7, 11) is 0. The zero-order valence-electron chi connectivity index (χ0n) is 11.4. The first kappa shape index (κ1) is 13.4. The maximum Gasteiger partial charge on any atom is 0.0608 e. The van der Waals surface area contributed by atoms with Crippen LogP contribution < -0.4 is 10.6 Å². The predicted molar refractivity (Wildman–Crippen MR) is 75.9 cm³/mol. The molecule has 0 aliphatic carbocycles. The van der Waals surface area contributed by atoms with Crippen LogP contribution in [0.15, 0.2) is 24.3 Å². The van der Waals surface area contributed by atoms with E-state index in [0.717, 1.165) is 32.5 Å². The lowest BCUT2D eigenvalue weighted by molar-refractivity contribution is 0.0459. The van der Waals surface area contributed by atoms with Crippen LogP contribution in [-0.4, -0.2) is 25.8 Å². The summed E-state index contributed by atoms with van der Waals surface area (Å²) >= 11 is 0. The summed E-state index contributed by atoms with van der Waals surface area (Å²) in [5, 5.41) is 0. The standard InChI is InChI=1S/C15H24N2O/c1-3-18-13-8-10-17(11-9-13)15-7-5-4-6-14(15)12(2)16/h4-7,12-13H,3,8-11,16H2,1-2H3/t12-/m0/s1. The number of para-hydroxylation sites is 1. The molecule has 2 N–H and O–H groups in total. The van der Waals surface area contributed by atoms with Gasteiger partial charge in [-0.05, 0) is 38.3 Å². The van der Waals surface area contributed by atoms with Crippen molar-refractivity contribution in [2.45, 2.75) is 38.8 Å². The molecule has 1 aromatic rings. The van der Waals surface area contributed by atoms with E-state index >= 15 is 0 Å². The molecule has 0 unspecified atom stereocenters. The number of hydrogen-bond acceptors (Lipinski definition) is 3. The maximum absolute atomic E-state index is 6.04. The lowest BCUT2D eigenvalue weighted by atomic mass is 10.0. The molecule has 1 aromatic carbocycles. The summed E-state index contributed by atoms with van der Waals surface area (Å²) in [5.41, 5.74) is 8.58. The third-order valence-corrected chi connectivity index (χ3v) is 3.61. The molecule has 1 atom stereocenters. The van der Waals surface area contributed by atoms with E-state index in [1.165, 1.54) is 11.3 Å². The summed E-state index contributed by atoms with van der Waals surface area (Å²) in [4.78, 5) is 2.44. The fraction of sp³-hybridized carbons (Fsp3) is 0.600. The molecule has 1 aliphatic rings. The Morgan fingerprint density at radius 3 is 2.61 bits per heavy atom. The summed E-state index contributed by atoms with van der Waals surface area (Å²) in [6.07, 6.45) is 2.66. The van der Waals surface area contributed by atoms with Gasteiger partial charge in [0.25, 0.3) is 0 Å². The lowest BCUT2D eigenvalue weighted by Crippen LogP contribution is -2.37. The number of benzene rings is 1. The van der Waals surface area contributed by atoms with Crippen LogP contribution in [0.1, 0.15) is 38.3 Å². The molecule has 18 heavy (non-hydrogen) atoms. The van der Waals surface area contributed by atoms with Gasteiger partial charge in [-0.15, -0.1) is 0 Å². The van der Waals surface area contributed by atoms with Crippen molar-refractivity contribution in [3.8, 4) is 0 Å². The number of anilines is 1. The molecule has 100 valence electrons. The van der Waals surface area contributed by atoms with E-state index in [9.17, 15) is 0 Å². The predicted octanol–water partition coefficient (Wildman–Crippen LogP) is 2.71. The highest BCUT2D eigenvalue weighted by Gasteiger charge is 2.21. The van der Waals surface area contributed by atoms with Gasteiger partial charge in [0.1, 0.15) is 0 Å². The smallest absolute Gasteiger partial charge is 0.0608 e. The van der Waals surface area contributed by atoms with Crippen LogP contribution in [-0.2, 0) is 4.74 Å². The molecule has 1 fully saturated rings. The van der Waals surface area contributed by atoms with Crippen LogP contribution >= 0.6 is 0 Å². The van der Waals surface area contributed by atoms with Crippen LogP contribution in [0, 0.1) is 0 Å². The van der Waals surface area contributed by atoms with Gasteiger partial charge in [-0.3, -0.25) is 0 Å². The molecule has 0 aromatic heterocycles. The number of hydrogen-bond donors (Lipinski definition) is 1. The summed E-state index contributed by atoms with van der Waals surface area (Å²) in [6, 6.07) is 8.56. The van der Waals surface area contributed by atoms with Crippen molar-refractivity contribution in [3.63, 3.8) is 0 Å². The quantitative estimate of drug-likeness (QED) is 0.890. The molecule has 3 nitrogen and oxygen atoms in total. The monoisotopic (exact) mass is 248 g/mol. The van der Waals surface area contributed by atoms with E-state index in [0.29, 0.717) is 6.10 Å². The van der Waals surface area contributed by atoms with Gasteiger partial charge < -0.3 is 15.4 Å². The van der Waals surface area contributed by atoms with Gasteiger partial charge in [-0.2, -0.15) is 0 Å². The Hall–Kier alpha value is -1.06. The van der Waals surface area contributed by atoms with E-state index < -0.39 is 0 Å². The summed E-state index contributed by atoms with van der Waals surface area (Å²) in [5.74, 6) is 0. The second kappa shape index (κ2) is 6.21. The van der Waals surface area contributed by atoms with Crippen molar-refractivity contribution in [1.29, 1.82) is 0 Å². The third kappa shape index (κ3) is 3.03. The zero-order chi connectivity index (χ0) is 13.0. The lowest BCUT2D eigenvalue weighted by Gasteiger charge is -2.35. The van der Waals surface area contributed by atoms with Crippen molar-refractivity contribution in [2.24, 2.45) is 5.73 Å². The second-order valence-electron chi connectivity index (χ2n) is 4.99. The van der Waals surface area contributed by atoms with E-state index in [-0.39, 0.29) is 6.04 Å². The van der Waals surface area contributed by atoms with Crippen molar-refractivity contribution < 1.29 is 4.74 Å². The van der Waals surface area contributed by atoms with Crippen LogP contribution in [0.25, 0.3) is 0 Å². The van der Waals surface area contributed by atoms with Gasteiger partial charge in [0.15, 0.2) is 0 Å². The molecule has 1 aliphatic heterocycles. The van der Waals surface area contributed by atoms with E-state index in [1.807, 2.05) is 6.92 Å². The van der Waals surface area contributed by atoms with Crippen LogP contribution in [0.4, 0.5) is 5.69 Å². The Morgan fingerprint density at radius 2 is 2.00 bits per heavy atom. The van der Waals surface area contributed by atoms with Gasteiger partial charge in [0.2, 0.25) is 0 Å². The Morgan fingerprint density at radius 1 is 1.33 bits per heavy atom. The number of ether oxygens (including phenoxy) is 1. The Kier molecular flexibility index (Phi) is 4.61. The van der Waals surface area contributed by atoms with E-state index in [4.69, 9.17) is 10.5 Å². The molecule has 0 spiro atoms. The van der Waals surface area contributed by atoms with Crippen molar-refractivity contribution in [3.05, 3.63) is 29.8 Å². The summed E-state index contributed by atoms with van der Waals surface area (Å²) in [6.45, 7) is 7.06. The highest BCUT2D eigenvalue weighted by atomic mass is 16.5.